The fourth-order valence-corrected chi connectivity index (χ4v) is 3.36. The maximum absolute atomic E-state index is 12.8. The molecule has 162 valence electrons. The number of nitro benzene ring substituents is 1. The molecule has 0 aliphatic heterocycles. The summed E-state index contributed by atoms with van der Waals surface area (Å²) in [6, 6.07) is 15.8. The number of likely N-dealkylation sites (N-methyl/N-ethyl adjacent to an activating group) is 1. The van der Waals surface area contributed by atoms with Crippen molar-refractivity contribution >= 4 is 28.1 Å². The number of quaternary nitrogens is 1. The molecule has 0 spiro atoms. The summed E-state index contributed by atoms with van der Waals surface area (Å²) in [5.41, 5.74) is 1.26. The Labute approximate surface area is 180 Å². The largest absolute Gasteiger partial charge is 0.497 e. The van der Waals surface area contributed by atoms with E-state index in [0.717, 1.165) is 27.0 Å². The van der Waals surface area contributed by atoms with Gasteiger partial charge in [-0.25, -0.2) is 0 Å². The predicted molar refractivity (Wildman–Crippen MR) is 119 cm³/mol. The van der Waals surface area contributed by atoms with E-state index in [9.17, 15) is 14.9 Å². The monoisotopic (exact) mass is 424 g/mol. The van der Waals surface area contributed by atoms with Gasteiger partial charge in [0.2, 0.25) is 0 Å². The Morgan fingerprint density at radius 3 is 2.45 bits per heavy atom. The van der Waals surface area contributed by atoms with Crippen molar-refractivity contribution in [2.75, 3.05) is 26.6 Å². The van der Waals surface area contributed by atoms with Gasteiger partial charge in [0.25, 0.3) is 11.6 Å². The molecule has 0 aliphatic carbocycles. The van der Waals surface area contributed by atoms with Crippen LogP contribution in [0.3, 0.4) is 0 Å². The Balaban J connectivity index is 1.72. The van der Waals surface area contributed by atoms with Gasteiger partial charge < -0.3 is 19.7 Å². The van der Waals surface area contributed by atoms with Gasteiger partial charge in [-0.3, -0.25) is 14.9 Å². The number of nitro groups is 1. The van der Waals surface area contributed by atoms with Gasteiger partial charge in [0, 0.05) is 17.7 Å². The van der Waals surface area contributed by atoms with Crippen LogP contribution in [0.2, 0.25) is 0 Å². The van der Waals surface area contributed by atoms with Gasteiger partial charge in [-0.05, 0) is 42.0 Å². The van der Waals surface area contributed by atoms with Gasteiger partial charge in [-0.1, -0.05) is 18.2 Å². The van der Waals surface area contributed by atoms with Crippen molar-refractivity contribution in [1.82, 2.24) is 0 Å². The highest BCUT2D eigenvalue weighted by Gasteiger charge is 2.24. The first kappa shape index (κ1) is 22.0. The molecule has 0 bridgehead atoms. The fourth-order valence-electron chi connectivity index (χ4n) is 3.36. The smallest absolute Gasteiger partial charge is 0.282 e. The Morgan fingerprint density at radius 2 is 1.77 bits per heavy atom. The van der Waals surface area contributed by atoms with Crippen molar-refractivity contribution in [1.29, 1.82) is 0 Å². The lowest BCUT2D eigenvalue weighted by Gasteiger charge is -2.22. The molecule has 1 amide bonds. The summed E-state index contributed by atoms with van der Waals surface area (Å²) >= 11 is 0. The first-order valence-electron chi connectivity index (χ1n) is 9.84. The second-order valence-corrected chi connectivity index (χ2v) is 7.42. The summed E-state index contributed by atoms with van der Waals surface area (Å²) in [5.74, 6) is 0.931. The third-order valence-electron chi connectivity index (χ3n) is 5.38. The molecule has 0 saturated heterocycles. The minimum Gasteiger partial charge on any atom is -0.497 e. The summed E-state index contributed by atoms with van der Waals surface area (Å²) in [4.78, 5) is 24.3. The molecule has 2 atom stereocenters. The SMILES string of the molecule is COc1ccc2cc(C[NH+](C)[C@@H](C)C(=O)Nc3cc([N+](=O)[O-])ccc3OC)ccc2c1. The molecule has 8 nitrogen and oxygen atoms in total. The van der Waals surface area contributed by atoms with Gasteiger partial charge in [0.1, 0.15) is 18.0 Å². The van der Waals surface area contributed by atoms with Gasteiger partial charge in [-0.2, -0.15) is 0 Å². The topological polar surface area (TPSA) is 95.1 Å². The number of carbonyl (C=O) groups is 1. The average Bonchev–Trinajstić information content (AvgIpc) is 2.77. The number of hydrogen-bond donors (Lipinski definition) is 2. The Kier molecular flexibility index (Phi) is 6.71. The lowest BCUT2D eigenvalue weighted by Crippen LogP contribution is -3.12. The van der Waals surface area contributed by atoms with Crippen LogP contribution in [0.1, 0.15) is 12.5 Å². The van der Waals surface area contributed by atoms with Crippen LogP contribution in [-0.2, 0) is 11.3 Å². The molecule has 31 heavy (non-hydrogen) atoms. The maximum atomic E-state index is 12.8. The molecule has 0 aromatic heterocycles. The lowest BCUT2D eigenvalue weighted by molar-refractivity contribution is -0.907. The summed E-state index contributed by atoms with van der Waals surface area (Å²) in [5, 5.41) is 16.0. The van der Waals surface area contributed by atoms with Gasteiger partial charge in [-0.15, -0.1) is 0 Å². The number of nitrogens with one attached hydrogen (secondary N) is 2. The van der Waals surface area contributed by atoms with Gasteiger partial charge >= 0.3 is 0 Å². The number of benzene rings is 3. The molecule has 1 unspecified atom stereocenters. The molecule has 2 N–H and O–H groups in total. The van der Waals surface area contributed by atoms with Crippen LogP contribution in [-0.4, -0.2) is 38.1 Å². The molecule has 3 aromatic rings. The Morgan fingerprint density at radius 1 is 1.06 bits per heavy atom. The number of carbonyl (C=O) groups excluding carboxylic acids is 1. The molecule has 0 heterocycles. The lowest BCUT2D eigenvalue weighted by atomic mass is 10.1. The molecule has 3 aromatic carbocycles. The number of non-ortho nitro benzene ring substituents is 1. The molecule has 0 saturated carbocycles. The minimum atomic E-state index is -0.509. The highest BCUT2D eigenvalue weighted by atomic mass is 16.6. The quantitative estimate of drug-likeness (QED) is 0.428. The molecular formula is C23H26N3O5+. The third kappa shape index (κ3) is 5.10. The number of rotatable bonds is 8. The van der Waals surface area contributed by atoms with Crippen molar-refractivity contribution in [3.63, 3.8) is 0 Å². The number of hydrogen-bond acceptors (Lipinski definition) is 5. The third-order valence-corrected chi connectivity index (χ3v) is 5.38. The van der Waals surface area contributed by atoms with Crippen molar-refractivity contribution < 1.29 is 24.1 Å². The minimum absolute atomic E-state index is 0.114. The number of amides is 1. The maximum Gasteiger partial charge on any atom is 0.282 e. The Bertz CT molecular complexity index is 1120. The molecule has 0 fully saturated rings. The van der Waals surface area contributed by atoms with E-state index in [4.69, 9.17) is 9.47 Å². The number of ether oxygens (including phenoxy) is 2. The molecule has 0 radical (unpaired) electrons. The normalized spacial score (nSPS) is 12.8. The predicted octanol–water partition coefficient (Wildman–Crippen LogP) is 2.81. The molecule has 8 heteroatoms. The van der Waals surface area contributed by atoms with Crippen molar-refractivity contribution in [3.8, 4) is 11.5 Å². The van der Waals surface area contributed by atoms with Crippen LogP contribution < -0.4 is 19.7 Å². The Hall–Kier alpha value is -3.65. The summed E-state index contributed by atoms with van der Waals surface area (Å²) < 4.78 is 10.5. The first-order chi connectivity index (χ1) is 14.8. The summed E-state index contributed by atoms with van der Waals surface area (Å²) in [6.07, 6.45) is 0. The van der Waals surface area contributed by atoms with Crippen LogP contribution in [0.25, 0.3) is 10.8 Å². The van der Waals surface area contributed by atoms with Crippen LogP contribution >= 0.6 is 0 Å². The van der Waals surface area contributed by atoms with Crippen molar-refractivity contribution in [2.45, 2.75) is 19.5 Å². The van der Waals surface area contributed by atoms with E-state index in [1.54, 1.807) is 7.11 Å². The van der Waals surface area contributed by atoms with Crippen LogP contribution in [0.15, 0.2) is 54.6 Å². The first-order valence-corrected chi connectivity index (χ1v) is 9.84. The zero-order valence-electron chi connectivity index (χ0n) is 18.0. The van der Waals surface area contributed by atoms with Crippen molar-refractivity contribution in [2.24, 2.45) is 0 Å². The van der Waals surface area contributed by atoms with Gasteiger partial charge in [0.15, 0.2) is 6.04 Å². The van der Waals surface area contributed by atoms with Crippen LogP contribution in [0, 0.1) is 10.1 Å². The number of nitrogens with zero attached hydrogens (tertiary/aromatic N) is 1. The van der Waals surface area contributed by atoms with E-state index in [1.807, 2.05) is 44.3 Å². The number of fused-ring (bicyclic) bond motifs is 1. The number of anilines is 1. The van der Waals surface area contributed by atoms with E-state index in [1.165, 1.54) is 25.3 Å². The van der Waals surface area contributed by atoms with E-state index >= 15 is 0 Å². The molecule has 3 rings (SSSR count). The zero-order chi connectivity index (χ0) is 22.5. The molecular weight excluding hydrogens is 398 g/mol. The summed E-state index contributed by atoms with van der Waals surface area (Å²) in [7, 11) is 5.03. The van der Waals surface area contributed by atoms with Crippen LogP contribution in [0.4, 0.5) is 11.4 Å². The number of methoxy groups -OCH3 is 2. The highest BCUT2D eigenvalue weighted by Crippen LogP contribution is 2.29. The van der Waals surface area contributed by atoms with E-state index < -0.39 is 11.0 Å². The van der Waals surface area contributed by atoms with E-state index in [-0.39, 0.29) is 17.3 Å². The van der Waals surface area contributed by atoms with Gasteiger partial charge in [0.05, 0.1) is 31.9 Å². The van der Waals surface area contributed by atoms with Crippen LogP contribution in [0.5, 0.6) is 11.5 Å². The second kappa shape index (κ2) is 9.44. The average molecular weight is 424 g/mol. The zero-order valence-corrected chi connectivity index (χ0v) is 18.0. The fraction of sp³-hybridized carbons (Fsp3) is 0.261. The molecule has 0 aliphatic rings. The van der Waals surface area contributed by atoms with E-state index in [2.05, 4.69) is 11.4 Å². The van der Waals surface area contributed by atoms with Crippen molar-refractivity contribution in [3.05, 3.63) is 70.3 Å². The standard InChI is InChI=1S/C23H25N3O5/c1-15(23(27)24-21-13-19(26(28)29)8-10-22(21)31-4)25(2)14-16-5-6-18-12-20(30-3)9-7-17(18)11-16/h5-13,15H,14H2,1-4H3,(H,24,27)/p+1/t15-/m0/s1. The van der Waals surface area contributed by atoms with E-state index in [0.29, 0.717) is 12.3 Å². The highest BCUT2D eigenvalue weighted by molar-refractivity contribution is 5.95. The summed E-state index contributed by atoms with van der Waals surface area (Å²) in [6.45, 7) is 2.46. The second-order valence-electron chi connectivity index (χ2n) is 7.42.